The van der Waals surface area contributed by atoms with Gasteiger partial charge >= 0.3 is 5.97 Å². The first-order chi connectivity index (χ1) is 9.48. The third-order valence-corrected chi connectivity index (χ3v) is 3.46. The second kappa shape index (κ2) is 6.08. The zero-order valence-electron chi connectivity index (χ0n) is 14.3. The average molecular weight is 292 g/mol. The van der Waals surface area contributed by atoms with Gasteiger partial charge in [-0.2, -0.15) is 0 Å². The van der Waals surface area contributed by atoms with Crippen LogP contribution in [0.15, 0.2) is 12.1 Å². The SMILES string of the molecule is CCOC(=O)Cc1ccc(C(C)(C)C)c(O)c1C(C)(C)C. The zero-order valence-corrected chi connectivity index (χ0v) is 14.3. The Labute approximate surface area is 128 Å². The van der Waals surface area contributed by atoms with Crippen molar-refractivity contribution in [2.24, 2.45) is 0 Å². The van der Waals surface area contributed by atoms with Crippen LogP contribution in [-0.4, -0.2) is 17.7 Å². The van der Waals surface area contributed by atoms with E-state index < -0.39 is 0 Å². The first-order valence-corrected chi connectivity index (χ1v) is 7.50. The van der Waals surface area contributed by atoms with Crippen LogP contribution in [0.1, 0.15) is 65.2 Å². The highest BCUT2D eigenvalue weighted by molar-refractivity contribution is 5.74. The largest absolute Gasteiger partial charge is 0.507 e. The topological polar surface area (TPSA) is 46.5 Å². The Morgan fingerprint density at radius 3 is 2.10 bits per heavy atom. The number of esters is 1. The minimum Gasteiger partial charge on any atom is -0.507 e. The van der Waals surface area contributed by atoms with Crippen molar-refractivity contribution in [1.29, 1.82) is 0 Å². The van der Waals surface area contributed by atoms with Crippen LogP contribution in [0.5, 0.6) is 5.75 Å². The van der Waals surface area contributed by atoms with Crippen molar-refractivity contribution < 1.29 is 14.6 Å². The molecule has 0 fully saturated rings. The normalized spacial score (nSPS) is 12.3. The first-order valence-electron chi connectivity index (χ1n) is 7.50. The average Bonchev–Trinajstić information content (AvgIpc) is 2.25. The third-order valence-electron chi connectivity index (χ3n) is 3.46. The van der Waals surface area contributed by atoms with Crippen molar-refractivity contribution in [2.75, 3.05) is 6.61 Å². The molecule has 3 heteroatoms. The van der Waals surface area contributed by atoms with Crippen LogP contribution >= 0.6 is 0 Å². The summed E-state index contributed by atoms with van der Waals surface area (Å²) in [7, 11) is 0. The predicted molar refractivity (Wildman–Crippen MR) is 85.8 cm³/mol. The molecule has 1 aromatic rings. The lowest BCUT2D eigenvalue weighted by Gasteiger charge is -2.29. The lowest BCUT2D eigenvalue weighted by Crippen LogP contribution is -2.20. The molecule has 118 valence electrons. The molecule has 0 heterocycles. The van der Waals surface area contributed by atoms with Crippen molar-refractivity contribution in [3.05, 3.63) is 28.8 Å². The molecule has 1 N–H and O–H groups in total. The monoisotopic (exact) mass is 292 g/mol. The molecule has 0 radical (unpaired) electrons. The summed E-state index contributed by atoms with van der Waals surface area (Å²) in [6, 6.07) is 3.86. The lowest BCUT2D eigenvalue weighted by atomic mass is 9.77. The van der Waals surface area contributed by atoms with Crippen LogP contribution < -0.4 is 0 Å². The molecule has 0 unspecified atom stereocenters. The number of ether oxygens (including phenoxy) is 1. The van der Waals surface area contributed by atoms with E-state index in [0.29, 0.717) is 12.4 Å². The number of aromatic hydroxyl groups is 1. The van der Waals surface area contributed by atoms with E-state index in [1.165, 1.54) is 0 Å². The highest BCUT2D eigenvalue weighted by Gasteiger charge is 2.28. The van der Waals surface area contributed by atoms with E-state index in [1.54, 1.807) is 6.92 Å². The van der Waals surface area contributed by atoms with Gasteiger partial charge in [0, 0.05) is 5.56 Å². The molecular formula is C18H28O3. The molecule has 1 aromatic carbocycles. The second-order valence-corrected chi connectivity index (χ2v) is 7.48. The summed E-state index contributed by atoms with van der Waals surface area (Å²) in [6.07, 6.45) is 0.193. The van der Waals surface area contributed by atoms with E-state index >= 15 is 0 Å². The molecule has 0 saturated heterocycles. The summed E-state index contributed by atoms with van der Waals surface area (Å²) in [5.41, 5.74) is 2.19. The van der Waals surface area contributed by atoms with Gasteiger partial charge in [0.05, 0.1) is 13.0 Å². The number of phenolic OH excluding ortho intramolecular Hbond substituents is 1. The van der Waals surface area contributed by atoms with Gasteiger partial charge < -0.3 is 9.84 Å². The molecule has 0 spiro atoms. The number of carbonyl (C=O) groups excluding carboxylic acids is 1. The van der Waals surface area contributed by atoms with Gasteiger partial charge in [0.25, 0.3) is 0 Å². The quantitative estimate of drug-likeness (QED) is 0.853. The Morgan fingerprint density at radius 1 is 1.10 bits per heavy atom. The molecule has 0 atom stereocenters. The fraction of sp³-hybridized carbons (Fsp3) is 0.611. The van der Waals surface area contributed by atoms with Crippen molar-refractivity contribution >= 4 is 5.97 Å². The van der Waals surface area contributed by atoms with Crippen molar-refractivity contribution in [3.8, 4) is 5.75 Å². The molecule has 0 aliphatic heterocycles. The van der Waals surface area contributed by atoms with E-state index in [1.807, 2.05) is 32.9 Å². The van der Waals surface area contributed by atoms with Crippen molar-refractivity contribution in [3.63, 3.8) is 0 Å². The van der Waals surface area contributed by atoms with Crippen LogP contribution in [0.25, 0.3) is 0 Å². The number of benzene rings is 1. The number of phenols is 1. The molecule has 1 rings (SSSR count). The van der Waals surface area contributed by atoms with E-state index in [0.717, 1.165) is 16.7 Å². The first kappa shape index (κ1) is 17.5. The van der Waals surface area contributed by atoms with Crippen molar-refractivity contribution in [1.82, 2.24) is 0 Å². The van der Waals surface area contributed by atoms with E-state index in [-0.39, 0.29) is 23.2 Å². The lowest BCUT2D eigenvalue weighted by molar-refractivity contribution is -0.142. The van der Waals surface area contributed by atoms with E-state index in [4.69, 9.17) is 4.74 Å². The number of carbonyl (C=O) groups is 1. The standard InChI is InChI=1S/C18H28O3/c1-8-21-14(19)11-12-9-10-13(17(2,3)4)16(20)15(12)18(5,6)7/h9-10,20H,8,11H2,1-7H3. The maximum Gasteiger partial charge on any atom is 0.310 e. The summed E-state index contributed by atoms with van der Waals surface area (Å²) in [6.45, 7) is 14.5. The van der Waals surface area contributed by atoms with Gasteiger partial charge in [-0.15, -0.1) is 0 Å². The van der Waals surface area contributed by atoms with Crippen molar-refractivity contribution in [2.45, 2.75) is 65.7 Å². The summed E-state index contributed by atoms with van der Waals surface area (Å²) >= 11 is 0. The van der Waals surface area contributed by atoms with Gasteiger partial charge in [-0.05, 0) is 28.9 Å². The molecule has 0 amide bonds. The number of hydrogen-bond acceptors (Lipinski definition) is 3. The Balaban J connectivity index is 3.40. The predicted octanol–water partition coefficient (Wildman–Crippen LogP) is 4.09. The van der Waals surface area contributed by atoms with Gasteiger partial charge in [-0.1, -0.05) is 53.7 Å². The van der Waals surface area contributed by atoms with Crippen LogP contribution in [0.2, 0.25) is 0 Å². The van der Waals surface area contributed by atoms with Gasteiger partial charge in [-0.25, -0.2) is 0 Å². The van der Waals surface area contributed by atoms with Gasteiger partial charge in [0.1, 0.15) is 5.75 Å². The van der Waals surface area contributed by atoms with Gasteiger partial charge in [-0.3, -0.25) is 4.79 Å². The Hall–Kier alpha value is -1.51. The fourth-order valence-electron chi connectivity index (χ4n) is 2.59. The van der Waals surface area contributed by atoms with Crippen LogP contribution in [0, 0.1) is 0 Å². The van der Waals surface area contributed by atoms with E-state index in [2.05, 4.69) is 20.8 Å². The highest BCUT2D eigenvalue weighted by atomic mass is 16.5. The molecule has 3 nitrogen and oxygen atoms in total. The second-order valence-electron chi connectivity index (χ2n) is 7.48. The molecule has 0 saturated carbocycles. The molecular weight excluding hydrogens is 264 g/mol. The Bertz CT molecular complexity index is 516. The minimum absolute atomic E-state index is 0.146. The zero-order chi connectivity index (χ0) is 16.4. The maximum absolute atomic E-state index is 11.8. The van der Waals surface area contributed by atoms with Crippen LogP contribution in [0.4, 0.5) is 0 Å². The fourth-order valence-corrected chi connectivity index (χ4v) is 2.59. The minimum atomic E-state index is -0.258. The smallest absolute Gasteiger partial charge is 0.310 e. The number of rotatable bonds is 3. The molecule has 0 aliphatic rings. The Morgan fingerprint density at radius 2 is 1.67 bits per heavy atom. The number of hydrogen-bond donors (Lipinski definition) is 1. The third kappa shape index (κ3) is 4.23. The van der Waals surface area contributed by atoms with Crippen LogP contribution in [0.3, 0.4) is 0 Å². The molecule has 21 heavy (non-hydrogen) atoms. The molecule has 0 aliphatic carbocycles. The molecule has 0 aromatic heterocycles. The van der Waals surface area contributed by atoms with Gasteiger partial charge in [0.2, 0.25) is 0 Å². The van der Waals surface area contributed by atoms with Crippen LogP contribution in [-0.2, 0) is 26.8 Å². The Kier molecular flexibility index (Phi) is 5.08. The maximum atomic E-state index is 11.8. The summed E-state index contributed by atoms with van der Waals surface area (Å²) in [5.74, 6) is 0.0442. The van der Waals surface area contributed by atoms with E-state index in [9.17, 15) is 9.90 Å². The summed E-state index contributed by atoms with van der Waals surface area (Å²) in [4.78, 5) is 11.8. The summed E-state index contributed by atoms with van der Waals surface area (Å²) in [5, 5.41) is 10.7. The van der Waals surface area contributed by atoms with Gasteiger partial charge in [0.15, 0.2) is 0 Å². The summed E-state index contributed by atoms with van der Waals surface area (Å²) < 4.78 is 5.03. The highest BCUT2D eigenvalue weighted by Crippen LogP contribution is 2.41. The molecule has 0 bridgehead atoms.